The first-order chi connectivity index (χ1) is 16.0. The molecular formula is C26H37N3O4. The number of nitrogens with two attached hydrogens (primary N) is 1. The molecule has 180 valence electrons. The van der Waals surface area contributed by atoms with Gasteiger partial charge in [-0.25, -0.2) is 0 Å². The van der Waals surface area contributed by atoms with Crippen LogP contribution in [0.2, 0.25) is 0 Å². The zero-order valence-electron chi connectivity index (χ0n) is 19.6. The Labute approximate surface area is 195 Å². The maximum atomic E-state index is 10.9. The molecule has 2 heterocycles. The molecule has 1 aromatic rings. The van der Waals surface area contributed by atoms with Crippen molar-refractivity contribution >= 4 is 0 Å². The van der Waals surface area contributed by atoms with E-state index in [1.165, 1.54) is 30.5 Å². The molecule has 7 heteroatoms. The fourth-order valence-corrected chi connectivity index (χ4v) is 9.15. The zero-order chi connectivity index (χ0) is 22.6. The molecule has 2 aliphatic heterocycles. The summed E-state index contributed by atoms with van der Waals surface area (Å²) >= 11 is 0. The number of nitrogens with zero attached hydrogens (tertiary/aromatic N) is 1. The Morgan fingerprint density at radius 2 is 2.15 bits per heavy atom. The largest absolute Gasteiger partial charge is 0.504 e. The number of fused-ring (bicyclic) bond motifs is 2. The van der Waals surface area contributed by atoms with E-state index in [4.69, 9.17) is 15.2 Å². The van der Waals surface area contributed by atoms with Crippen molar-refractivity contribution in [2.24, 2.45) is 23.0 Å². The first kappa shape index (κ1) is 20.9. The van der Waals surface area contributed by atoms with Crippen LogP contribution in [-0.2, 0) is 16.6 Å². The van der Waals surface area contributed by atoms with Crippen LogP contribution in [0.3, 0.4) is 0 Å². The third-order valence-electron chi connectivity index (χ3n) is 10.6. The standard InChI is InChI=1S/C26H37N3O4/c1-32-26-7-6-24(11-17(26)13-28-20(31)12-27)19-10-16-4-5-18(30)22-21(16)25(24,23(26)33-22)8-9-29(19)14-15-2-3-15/h4-5,15,17,19-20,23,28,30-31H,2-3,6-14,27H2,1H3. The molecular weight excluding hydrogens is 418 g/mol. The third-order valence-corrected chi connectivity index (χ3v) is 10.6. The van der Waals surface area contributed by atoms with E-state index in [9.17, 15) is 10.2 Å². The van der Waals surface area contributed by atoms with Gasteiger partial charge in [0.15, 0.2) is 11.5 Å². The molecule has 33 heavy (non-hydrogen) atoms. The zero-order valence-corrected chi connectivity index (χ0v) is 19.6. The van der Waals surface area contributed by atoms with Crippen LogP contribution in [0.1, 0.15) is 49.7 Å². The van der Waals surface area contributed by atoms with Crippen molar-refractivity contribution in [1.29, 1.82) is 0 Å². The van der Waals surface area contributed by atoms with Crippen LogP contribution >= 0.6 is 0 Å². The summed E-state index contributed by atoms with van der Waals surface area (Å²) in [4.78, 5) is 2.82. The van der Waals surface area contributed by atoms with Crippen molar-refractivity contribution in [2.45, 2.75) is 74.3 Å². The summed E-state index contributed by atoms with van der Waals surface area (Å²) < 4.78 is 13.3. The quantitative estimate of drug-likeness (QED) is 0.462. The van der Waals surface area contributed by atoms with Gasteiger partial charge in [0.1, 0.15) is 17.9 Å². The van der Waals surface area contributed by atoms with Gasteiger partial charge < -0.3 is 25.4 Å². The Bertz CT molecular complexity index is 985. The number of piperidine rings is 1. The van der Waals surface area contributed by atoms with Crippen molar-refractivity contribution in [3.8, 4) is 11.5 Å². The number of aromatic hydroxyl groups is 1. The second kappa shape index (κ2) is 6.85. The lowest BCUT2D eigenvalue weighted by Crippen LogP contribution is -2.81. The lowest BCUT2D eigenvalue weighted by atomic mass is 9.35. The van der Waals surface area contributed by atoms with Gasteiger partial charge in [-0.3, -0.25) is 10.2 Å². The first-order valence-electron chi connectivity index (χ1n) is 12.9. The van der Waals surface area contributed by atoms with Crippen LogP contribution in [-0.4, -0.2) is 72.4 Å². The van der Waals surface area contributed by atoms with Gasteiger partial charge in [0.25, 0.3) is 0 Å². The Morgan fingerprint density at radius 1 is 1.30 bits per heavy atom. The molecule has 1 saturated heterocycles. The minimum Gasteiger partial charge on any atom is -0.504 e. The number of likely N-dealkylation sites (tertiary alicyclic amines) is 1. The molecule has 5 aliphatic carbocycles. The molecule has 7 atom stereocenters. The van der Waals surface area contributed by atoms with Gasteiger partial charge in [-0.2, -0.15) is 0 Å². The topological polar surface area (TPSA) is 100 Å². The Morgan fingerprint density at radius 3 is 2.91 bits per heavy atom. The highest BCUT2D eigenvalue weighted by molar-refractivity contribution is 5.63. The van der Waals surface area contributed by atoms with E-state index in [-0.39, 0.29) is 35.1 Å². The van der Waals surface area contributed by atoms with Gasteiger partial charge in [-0.15, -0.1) is 0 Å². The van der Waals surface area contributed by atoms with Crippen LogP contribution in [0, 0.1) is 17.3 Å². The van der Waals surface area contributed by atoms with Crippen molar-refractivity contribution in [2.75, 3.05) is 33.3 Å². The van der Waals surface area contributed by atoms with E-state index in [2.05, 4.69) is 16.3 Å². The number of benzene rings is 1. The van der Waals surface area contributed by atoms with E-state index >= 15 is 0 Å². The normalized spacial score (nSPS) is 43.3. The number of phenols is 1. The molecule has 7 aliphatic rings. The van der Waals surface area contributed by atoms with Crippen molar-refractivity contribution in [3.63, 3.8) is 0 Å². The van der Waals surface area contributed by atoms with Gasteiger partial charge in [-0.1, -0.05) is 6.07 Å². The number of hydrogen-bond acceptors (Lipinski definition) is 7. The fraction of sp³-hybridized carbons (Fsp3) is 0.769. The lowest BCUT2D eigenvalue weighted by molar-refractivity contribution is -0.276. The average molecular weight is 456 g/mol. The van der Waals surface area contributed by atoms with Crippen LogP contribution in [0.25, 0.3) is 0 Å². The Balaban J connectivity index is 1.39. The first-order valence-corrected chi connectivity index (χ1v) is 12.9. The van der Waals surface area contributed by atoms with Crippen molar-refractivity contribution in [1.82, 2.24) is 10.2 Å². The number of hydrogen-bond donors (Lipinski definition) is 4. The molecule has 8 rings (SSSR count). The maximum absolute atomic E-state index is 10.9. The van der Waals surface area contributed by atoms with Gasteiger partial charge in [0, 0.05) is 55.1 Å². The molecule has 7 unspecified atom stereocenters. The summed E-state index contributed by atoms with van der Waals surface area (Å²) in [5.74, 6) is 2.07. The van der Waals surface area contributed by atoms with E-state index in [0.29, 0.717) is 12.6 Å². The molecule has 0 amide bonds. The molecule has 7 nitrogen and oxygen atoms in total. The van der Waals surface area contributed by atoms with E-state index in [1.807, 2.05) is 13.2 Å². The molecule has 5 fully saturated rings. The van der Waals surface area contributed by atoms with Crippen LogP contribution in [0.15, 0.2) is 12.1 Å². The van der Waals surface area contributed by atoms with Crippen molar-refractivity contribution < 1.29 is 19.7 Å². The second-order valence-corrected chi connectivity index (χ2v) is 11.7. The highest BCUT2D eigenvalue weighted by Gasteiger charge is 2.80. The van der Waals surface area contributed by atoms with E-state index < -0.39 is 11.8 Å². The minimum absolute atomic E-state index is 0.101. The molecule has 5 N–H and O–H groups in total. The van der Waals surface area contributed by atoms with Gasteiger partial charge in [0.2, 0.25) is 0 Å². The Kier molecular flexibility index (Phi) is 4.35. The van der Waals surface area contributed by atoms with Gasteiger partial charge in [-0.05, 0) is 69.0 Å². The molecule has 4 saturated carbocycles. The predicted octanol–water partition coefficient (Wildman–Crippen LogP) is 1.48. The maximum Gasteiger partial charge on any atom is 0.165 e. The highest BCUT2D eigenvalue weighted by atomic mass is 16.6. The predicted molar refractivity (Wildman–Crippen MR) is 123 cm³/mol. The van der Waals surface area contributed by atoms with Crippen LogP contribution < -0.4 is 15.8 Å². The number of methoxy groups -OCH3 is 1. The number of aliphatic hydroxyl groups excluding tert-OH is 1. The molecule has 2 spiro atoms. The molecule has 0 aromatic heterocycles. The second-order valence-electron chi connectivity index (χ2n) is 11.7. The highest BCUT2D eigenvalue weighted by Crippen LogP contribution is 2.76. The summed E-state index contributed by atoms with van der Waals surface area (Å²) in [6, 6.07) is 4.48. The van der Waals surface area contributed by atoms with Gasteiger partial charge in [0.05, 0.1) is 0 Å². The average Bonchev–Trinajstić information content (AvgIpc) is 3.57. The number of ether oxygens (including phenoxy) is 2. The summed E-state index contributed by atoms with van der Waals surface area (Å²) in [6.07, 6.45) is 7.20. The number of nitrogens with one attached hydrogen (secondary N) is 1. The SMILES string of the molecule is COC12CCC3(CC1CNC(O)CN)C1Cc4ccc(O)c5c4C3(CCN1CC1CC1)C2O5. The molecule has 0 radical (unpaired) electrons. The number of phenolic OH excluding ortho intramolecular Hbond substituents is 1. The number of aliphatic hydroxyl groups is 1. The molecule has 4 bridgehead atoms. The number of rotatable bonds is 7. The fourth-order valence-electron chi connectivity index (χ4n) is 9.15. The van der Waals surface area contributed by atoms with Gasteiger partial charge >= 0.3 is 0 Å². The van der Waals surface area contributed by atoms with Crippen molar-refractivity contribution in [3.05, 3.63) is 23.3 Å². The third kappa shape index (κ3) is 2.43. The van der Waals surface area contributed by atoms with Crippen LogP contribution in [0.5, 0.6) is 11.5 Å². The van der Waals surface area contributed by atoms with E-state index in [0.717, 1.165) is 50.3 Å². The summed E-state index contributed by atoms with van der Waals surface area (Å²) in [5, 5.41) is 24.3. The smallest absolute Gasteiger partial charge is 0.165 e. The van der Waals surface area contributed by atoms with Crippen LogP contribution in [0.4, 0.5) is 0 Å². The van der Waals surface area contributed by atoms with E-state index in [1.54, 1.807) is 0 Å². The monoisotopic (exact) mass is 455 g/mol. The summed E-state index contributed by atoms with van der Waals surface area (Å²) in [5.41, 5.74) is 7.92. The summed E-state index contributed by atoms with van der Waals surface area (Å²) in [7, 11) is 1.83. The minimum atomic E-state index is -0.708. The molecule has 1 aromatic carbocycles. The Hall–Kier alpha value is -1.38. The lowest BCUT2D eigenvalue weighted by Gasteiger charge is -2.74. The summed E-state index contributed by atoms with van der Waals surface area (Å²) in [6.45, 7) is 3.18.